The van der Waals surface area contributed by atoms with E-state index in [1.54, 1.807) is 4.90 Å². The standard InChI is InChI=1S/C24H25Cl2F3N4O6S2/c1-2-40(36,37)19-4-3-15(25)7-14(19)10-33-22(34)16-8-18(24(27,28)29)17(20(26)21(16)31-23(33)35)11-32-6-5-13(9-32)12-41(30,38)39/h3-4,7-8,13H,2,5-6,9-12H2,1H3,(H,31,35)(H2,30,38,39). The maximum Gasteiger partial charge on any atom is 0.416 e. The van der Waals surface area contributed by atoms with Gasteiger partial charge in [-0.15, -0.1) is 0 Å². The second kappa shape index (κ2) is 11.3. The van der Waals surface area contributed by atoms with E-state index in [4.69, 9.17) is 28.3 Å². The van der Waals surface area contributed by atoms with Gasteiger partial charge in [0.25, 0.3) is 5.56 Å². The number of benzene rings is 2. The number of nitrogens with one attached hydrogen (secondary N) is 1. The topological polar surface area (TPSA) is 152 Å². The zero-order valence-corrected chi connectivity index (χ0v) is 24.6. The summed E-state index contributed by atoms with van der Waals surface area (Å²) in [7, 11) is -7.57. The van der Waals surface area contributed by atoms with E-state index in [0.29, 0.717) is 17.1 Å². The molecule has 41 heavy (non-hydrogen) atoms. The molecule has 224 valence electrons. The lowest BCUT2D eigenvalue weighted by Gasteiger charge is -2.22. The van der Waals surface area contributed by atoms with Crippen molar-refractivity contribution in [3.05, 3.63) is 71.8 Å². The van der Waals surface area contributed by atoms with Crippen LogP contribution in [0.5, 0.6) is 0 Å². The second-order valence-corrected chi connectivity index (χ2v) is 14.6. The molecule has 1 aliphatic rings. The average Bonchev–Trinajstić information content (AvgIpc) is 3.28. The lowest BCUT2D eigenvalue weighted by Crippen LogP contribution is -2.36. The number of halogens is 5. The monoisotopic (exact) mass is 656 g/mol. The Bertz CT molecular complexity index is 1860. The van der Waals surface area contributed by atoms with Crippen molar-refractivity contribution in [1.29, 1.82) is 0 Å². The molecule has 4 rings (SSSR count). The third kappa shape index (κ3) is 6.81. The van der Waals surface area contributed by atoms with E-state index in [1.165, 1.54) is 25.1 Å². The number of aromatic amines is 1. The summed E-state index contributed by atoms with van der Waals surface area (Å²) in [6.07, 6.45) is -4.54. The van der Waals surface area contributed by atoms with Crippen LogP contribution in [0.25, 0.3) is 10.9 Å². The Balaban J connectivity index is 1.82. The number of nitrogens with two attached hydrogens (primary N) is 1. The minimum absolute atomic E-state index is 0.00754. The van der Waals surface area contributed by atoms with Crippen LogP contribution in [-0.2, 0) is 39.1 Å². The number of primary sulfonamides is 1. The summed E-state index contributed by atoms with van der Waals surface area (Å²) in [5, 5.41) is 4.21. The molecule has 0 aliphatic carbocycles. The van der Waals surface area contributed by atoms with Crippen molar-refractivity contribution in [2.24, 2.45) is 11.1 Å². The molecule has 3 N–H and O–H groups in total. The normalized spacial score (nSPS) is 17.0. The van der Waals surface area contributed by atoms with Crippen LogP contribution in [0.4, 0.5) is 13.2 Å². The first-order chi connectivity index (χ1) is 18.9. The van der Waals surface area contributed by atoms with Crippen molar-refractivity contribution in [1.82, 2.24) is 14.5 Å². The molecule has 2 heterocycles. The molecule has 2 aromatic carbocycles. The molecule has 1 aromatic heterocycles. The molecule has 0 amide bonds. The first-order valence-electron chi connectivity index (χ1n) is 12.2. The van der Waals surface area contributed by atoms with Crippen LogP contribution in [0.3, 0.4) is 0 Å². The predicted molar refractivity (Wildman–Crippen MR) is 148 cm³/mol. The Kier molecular flexibility index (Phi) is 8.71. The summed E-state index contributed by atoms with van der Waals surface area (Å²) in [4.78, 5) is 30.2. The summed E-state index contributed by atoms with van der Waals surface area (Å²) >= 11 is 12.4. The van der Waals surface area contributed by atoms with Gasteiger partial charge in [0.15, 0.2) is 9.84 Å². The van der Waals surface area contributed by atoms with E-state index >= 15 is 0 Å². The smallest absolute Gasteiger partial charge is 0.305 e. The maximum atomic E-state index is 14.2. The fraction of sp³-hybridized carbons (Fsp3) is 0.417. The Labute approximate surface area is 242 Å². The number of H-pyrrole nitrogens is 1. The minimum Gasteiger partial charge on any atom is -0.305 e. The van der Waals surface area contributed by atoms with Crippen LogP contribution in [0, 0.1) is 5.92 Å². The molecule has 17 heteroatoms. The van der Waals surface area contributed by atoms with E-state index in [2.05, 4.69) is 4.98 Å². The number of alkyl halides is 3. The fourth-order valence-corrected chi connectivity index (χ4v) is 7.53. The van der Waals surface area contributed by atoms with Gasteiger partial charge in [-0.25, -0.2) is 26.8 Å². The van der Waals surface area contributed by atoms with Crippen molar-refractivity contribution in [3.63, 3.8) is 0 Å². The van der Waals surface area contributed by atoms with Crippen molar-refractivity contribution in [3.8, 4) is 0 Å². The number of fused-ring (bicyclic) bond motifs is 1. The van der Waals surface area contributed by atoms with Crippen LogP contribution in [0.15, 0.2) is 38.8 Å². The van der Waals surface area contributed by atoms with Gasteiger partial charge in [0.2, 0.25) is 10.0 Å². The van der Waals surface area contributed by atoms with Crippen molar-refractivity contribution < 1.29 is 30.0 Å². The van der Waals surface area contributed by atoms with Crippen LogP contribution in [0.1, 0.15) is 30.0 Å². The average molecular weight is 658 g/mol. The minimum atomic E-state index is -4.93. The van der Waals surface area contributed by atoms with E-state index in [1.807, 2.05) is 0 Å². The molecule has 10 nitrogen and oxygen atoms in total. The Morgan fingerprint density at radius 3 is 2.39 bits per heavy atom. The molecule has 0 saturated carbocycles. The van der Waals surface area contributed by atoms with Gasteiger partial charge in [0.1, 0.15) is 0 Å². The van der Waals surface area contributed by atoms with Gasteiger partial charge < -0.3 is 4.98 Å². The number of sulfone groups is 1. The largest absolute Gasteiger partial charge is 0.416 e. The molecule has 1 saturated heterocycles. The Morgan fingerprint density at radius 1 is 1.10 bits per heavy atom. The summed E-state index contributed by atoms with van der Waals surface area (Å²) in [5.41, 5.74) is -4.03. The lowest BCUT2D eigenvalue weighted by atomic mass is 10.0. The third-order valence-corrected chi connectivity index (χ3v) is 10.3. The first-order valence-corrected chi connectivity index (χ1v) is 16.3. The zero-order chi connectivity index (χ0) is 30.5. The first kappa shape index (κ1) is 31.5. The predicted octanol–water partition coefficient (Wildman–Crippen LogP) is 2.97. The number of hydrogen-bond acceptors (Lipinski definition) is 7. The number of rotatable bonds is 8. The van der Waals surface area contributed by atoms with Crippen molar-refractivity contribution >= 4 is 54.0 Å². The molecule has 1 atom stereocenters. The van der Waals surface area contributed by atoms with E-state index < -0.39 is 59.8 Å². The van der Waals surface area contributed by atoms with Gasteiger partial charge in [0, 0.05) is 18.1 Å². The molecule has 1 aliphatic heterocycles. The van der Waals surface area contributed by atoms with Crippen LogP contribution < -0.4 is 16.4 Å². The summed E-state index contributed by atoms with van der Waals surface area (Å²) in [6, 6.07) is 4.42. The van der Waals surface area contributed by atoms with Gasteiger partial charge in [-0.1, -0.05) is 30.1 Å². The number of nitrogens with zero attached hydrogens (tertiary/aromatic N) is 2. The van der Waals surface area contributed by atoms with E-state index in [-0.39, 0.29) is 63.6 Å². The number of aromatic nitrogens is 2. The molecule has 1 fully saturated rings. The fourth-order valence-electron chi connectivity index (χ4n) is 4.99. The highest BCUT2D eigenvalue weighted by molar-refractivity contribution is 7.91. The summed E-state index contributed by atoms with van der Waals surface area (Å²) in [5.74, 6) is -0.974. The number of sulfonamides is 1. The lowest BCUT2D eigenvalue weighted by molar-refractivity contribution is -0.138. The quantitative estimate of drug-likeness (QED) is 0.378. The molecular weight excluding hydrogens is 632 g/mol. The molecule has 3 aromatic rings. The van der Waals surface area contributed by atoms with E-state index in [9.17, 15) is 39.6 Å². The maximum absolute atomic E-state index is 14.2. The molecule has 0 radical (unpaired) electrons. The third-order valence-electron chi connectivity index (χ3n) is 6.91. The van der Waals surface area contributed by atoms with E-state index in [0.717, 1.165) is 0 Å². The zero-order valence-electron chi connectivity index (χ0n) is 21.5. The van der Waals surface area contributed by atoms with Gasteiger partial charge in [0.05, 0.1) is 44.4 Å². The molecule has 0 bridgehead atoms. The van der Waals surface area contributed by atoms with Gasteiger partial charge in [-0.3, -0.25) is 14.3 Å². The molecule has 0 spiro atoms. The molecule has 1 unspecified atom stereocenters. The number of hydrogen-bond donors (Lipinski definition) is 2. The van der Waals surface area contributed by atoms with Crippen LogP contribution >= 0.6 is 23.2 Å². The highest BCUT2D eigenvalue weighted by Crippen LogP contribution is 2.39. The highest BCUT2D eigenvalue weighted by Gasteiger charge is 2.37. The van der Waals surface area contributed by atoms with Gasteiger partial charge in [-0.2, -0.15) is 13.2 Å². The summed E-state index contributed by atoms with van der Waals surface area (Å²) < 4.78 is 91.3. The van der Waals surface area contributed by atoms with Crippen molar-refractivity contribution in [2.45, 2.75) is 37.5 Å². The van der Waals surface area contributed by atoms with Crippen LogP contribution in [0.2, 0.25) is 10.0 Å². The number of likely N-dealkylation sites (tertiary alicyclic amines) is 1. The van der Waals surface area contributed by atoms with Crippen molar-refractivity contribution in [2.75, 3.05) is 24.6 Å². The summed E-state index contributed by atoms with van der Waals surface area (Å²) in [6.45, 7) is 0.939. The highest BCUT2D eigenvalue weighted by atomic mass is 35.5. The van der Waals surface area contributed by atoms with Gasteiger partial charge in [-0.05, 0) is 54.3 Å². The van der Waals surface area contributed by atoms with Crippen LogP contribution in [-0.4, -0.2) is 55.9 Å². The Hall–Kier alpha value is -2.43. The SMILES string of the molecule is CCS(=O)(=O)c1ccc(Cl)cc1Cn1c(=O)[nH]c2c(Cl)c(CN3CCC(CS(N)(=O)=O)C3)c(C(F)(F)F)cc2c1=O. The Morgan fingerprint density at radius 2 is 1.78 bits per heavy atom. The van der Waals surface area contributed by atoms with Gasteiger partial charge >= 0.3 is 11.9 Å². The second-order valence-electron chi connectivity index (χ2n) is 9.83. The molecular formula is C24H25Cl2F3N4O6S2.